The van der Waals surface area contributed by atoms with Crippen LogP contribution in [-0.4, -0.2) is 32.9 Å². The van der Waals surface area contributed by atoms with Crippen LogP contribution in [0.15, 0.2) is 67.1 Å². The van der Waals surface area contributed by atoms with Gasteiger partial charge in [-0.05, 0) is 53.6 Å². The van der Waals surface area contributed by atoms with Gasteiger partial charge < -0.3 is 21.7 Å². The molecule has 0 aliphatic rings. The summed E-state index contributed by atoms with van der Waals surface area (Å²) < 4.78 is 65.2. The fraction of sp³-hybridized carbons (Fsp3) is 0.107. The second-order valence-electron chi connectivity index (χ2n) is 9.11. The molecule has 0 bridgehead atoms. The topological polar surface area (TPSA) is 135 Å². The zero-order valence-electron chi connectivity index (χ0n) is 21.8. The fourth-order valence-electron chi connectivity index (χ4n) is 4.00. The van der Waals surface area contributed by atoms with Crippen molar-refractivity contribution in [3.05, 3.63) is 94.8 Å². The number of benzene rings is 2. The average Bonchev–Trinajstić information content (AvgIpc) is 3.45. The number of amides is 2. The fourth-order valence-corrected chi connectivity index (χ4v) is 4.95. The van der Waals surface area contributed by atoms with Gasteiger partial charge in [-0.2, -0.15) is 13.2 Å². The molecular weight excluding hydrogens is 593 g/mol. The lowest BCUT2D eigenvalue weighted by Gasteiger charge is -2.14. The van der Waals surface area contributed by atoms with Crippen molar-refractivity contribution < 1.29 is 31.5 Å². The number of aromatic nitrogens is 3. The Morgan fingerprint density at radius 3 is 2.49 bits per heavy atom. The maximum atomic E-state index is 13.6. The quantitative estimate of drug-likeness (QED) is 0.166. The Bertz CT molecular complexity index is 1840. The molecular formula is C28H20F5N7O2S. The number of anilines is 3. The van der Waals surface area contributed by atoms with Gasteiger partial charge in [0.1, 0.15) is 18.0 Å². The third-order valence-electron chi connectivity index (χ3n) is 6.13. The Kier molecular flexibility index (Phi) is 8.16. The van der Waals surface area contributed by atoms with Gasteiger partial charge in [0.05, 0.1) is 29.5 Å². The second-order valence-corrected chi connectivity index (χ2v) is 10.3. The van der Waals surface area contributed by atoms with E-state index >= 15 is 0 Å². The minimum absolute atomic E-state index is 0.0124. The summed E-state index contributed by atoms with van der Waals surface area (Å²) in [5.74, 6) is -4.83. The van der Waals surface area contributed by atoms with Crippen LogP contribution in [0.2, 0.25) is 0 Å². The highest BCUT2D eigenvalue weighted by Crippen LogP contribution is 2.32. The van der Waals surface area contributed by atoms with Gasteiger partial charge in [-0.15, -0.1) is 11.3 Å². The van der Waals surface area contributed by atoms with Gasteiger partial charge in [0.15, 0.2) is 11.6 Å². The maximum absolute atomic E-state index is 13.6. The van der Waals surface area contributed by atoms with E-state index in [0.717, 1.165) is 39.7 Å². The smallest absolute Gasteiger partial charge is 0.383 e. The number of alkyl halides is 3. The second kappa shape index (κ2) is 12.0. The summed E-state index contributed by atoms with van der Waals surface area (Å²) in [7, 11) is 0. The largest absolute Gasteiger partial charge is 0.471 e. The van der Waals surface area contributed by atoms with Crippen molar-refractivity contribution in [2.24, 2.45) is 0 Å². The molecule has 0 fully saturated rings. The normalized spacial score (nSPS) is 11.4. The first kappa shape index (κ1) is 29.3. The van der Waals surface area contributed by atoms with Gasteiger partial charge in [0.2, 0.25) is 0 Å². The van der Waals surface area contributed by atoms with E-state index in [1.807, 2.05) is 30.3 Å². The van der Waals surface area contributed by atoms with Crippen molar-refractivity contribution in [3.63, 3.8) is 0 Å². The van der Waals surface area contributed by atoms with E-state index in [2.05, 4.69) is 25.6 Å². The standard InChI is InChI=1S/C28H20F5N7O2S/c29-20-4-1-14(7-21(20)30)10-37-26(41)19-9-16(40-27(42)28(31,32)33)11-35-25(19)36-12-17-3-6-23(43-17)15-2-5-22-18(8-15)24(34)39-13-38-22/h1-9,11,13H,10,12H2,(H,35,36)(H,37,41)(H,40,42)(H2,34,38,39). The van der Waals surface area contributed by atoms with Crippen molar-refractivity contribution in [1.29, 1.82) is 0 Å². The minimum atomic E-state index is -5.16. The van der Waals surface area contributed by atoms with Gasteiger partial charge >= 0.3 is 12.1 Å². The molecule has 0 saturated heterocycles. The predicted octanol–water partition coefficient (Wildman–Crippen LogP) is 5.66. The lowest BCUT2D eigenvalue weighted by atomic mass is 10.1. The number of hydrogen-bond acceptors (Lipinski definition) is 8. The summed E-state index contributed by atoms with van der Waals surface area (Å²) in [4.78, 5) is 38.5. The molecule has 5 N–H and O–H groups in total. The number of pyridine rings is 1. The average molecular weight is 614 g/mol. The number of halogens is 5. The highest BCUT2D eigenvalue weighted by molar-refractivity contribution is 7.15. The van der Waals surface area contributed by atoms with Gasteiger partial charge in [-0.25, -0.2) is 23.7 Å². The Labute approximate surface area is 244 Å². The van der Waals surface area contributed by atoms with E-state index in [4.69, 9.17) is 5.73 Å². The molecule has 5 rings (SSSR count). The molecule has 3 aromatic heterocycles. The van der Waals surface area contributed by atoms with Crippen LogP contribution in [0.5, 0.6) is 0 Å². The first-order chi connectivity index (χ1) is 20.5. The van der Waals surface area contributed by atoms with Crippen LogP contribution in [0.4, 0.5) is 39.3 Å². The van der Waals surface area contributed by atoms with Gasteiger partial charge in [-0.3, -0.25) is 9.59 Å². The molecule has 0 unspecified atom stereocenters. The Morgan fingerprint density at radius 1 is 0.907 bits per heavy atom. The molecule has 3 heterocycles. The first-order valence-electron chi connectivity index (χ1n) is 12.4. The lowest BCUT2D eigenvalue weighted by molar-refractivity contribution is -0.167. The molecule has 15 heteroatoms. The third kappa shape index (κ3) is 6.83. The van der Waals surface area contributed by atoms with E-state index in [1.54, 1.807) is 5.32 Å². The number of fused-ring (bicyclic) bond motifs is 1. The van der Waals surface area contributed by atoms with Crippen LogP contribution in [0.3, 0.4) is 0 Å². The van der Waals surface area contributed by atoms with Crippen molar-refractivity contribution >= 4 is 51.4 Å². The molecule has 43 heavy (non-hydrogen) atoms. The van der Waals surface area contributed by atoms with Crippen LogP contribution < -0.4 is 21.7 Å². The Morgan fingerprint density at radius 2 is 1.72 bits per heavy atom. The molecule has 0 spiro atoms. The molecule has 0 atom stereocenters. The molecule has 9 nitrogen and oxygen atoms in total. The Hall–Kier alpha value is -5.18. The molecule has 0 aliphatic heterocycles. The van der Waals surface area contributed by atoms with E-state index in [9.17, 15) is 31.5 Å². The molecule has 0 radical (unpaired) electrons. The highest BCUT2D eigenvalue weighted by atomic mass is 32.1. The molecule has 5 aromatic rings. The minimum Gasteiger partial charge on any atom is -0.383 e. The number of carbonyl (C=O) groups excluding carboxylic acids is 2. The summed E-state index contributed by atoms with van der Waals surface area (Å²) in [5, 5.41) is 7.85. The number of nitrogens with one attached hydrogen (secondary N) is 3. The van der Waals surface area contributed by atoms with Crippen molar-refractivity contribution in [3.8, 4) is 10.4 Å². The molecule has 0 saturated carbocycles. The SMILES string of the molecule is Nc1ncnc2ccc(-c3ccc(CNc4ncc(NC(=O)C(F)(F)F)cc4C(=O)NCc4ccc(F)c(F)c4)s3)cc12. The lowest BCUT2D eigenvalue weighted by Crippen LogP contribution is -2.30. The molecule has 220 valence electrons. The van der Waals surface area contributed by atoms with E-state index in [1.165, 1.54) is 23.7 Å². The summed E-state index contributed by atoms with van der Waals surface area (Å²) in [6, 6.07) is 13.4. The zero-order valence-corrected chi connectivity index (χ0v) is 22.6. The maximum Gasteiger partial charge on any atom is 0.471 e. The van der Waals surface area contributed by atoms with E-state index < -0.39 is 29.6 Å². The Balaban J connectivity index is 1.35. The van der Waals surface area contributed by atoms with Crippen LogP contribution in [0, 0.1) is 11.6 Å². The molecule has 2 amide bonds. The number of rotatable bonds is 8. The molecule has 2 aromatic carbocycles. The van der Waals surface area contributed by atoms with Crippen molar-refractivity contribution in [2.45, 2.75) is 19.3 Å². The van der Waals surface area contributed by atoms with Crippen LogP contribution in [0.1, 0.15) is 20.8 Å². The number of nitrogens with two attached hydrogens (primary N) is 1. The summed E-state index contributed by atoms with van der Waals surface area (Å²) >= 11 is 1.44. The van der Waals surface area contributed by atoms with Gasteiger partial charge in [0.25, 0.3) is 5.91 Å². The number of hydrogen-bond donors (Lipinski definition) is 4. The summed E-state index contributed by atoms with van der Waals surface area (Å²) in [6.45, 7) is -0.0293. The number of carbonyl (C=O) groups is 2. The summed E-state index contributed by atoms with van der Waals surface area (Å²) in [5.41, 5.74) is 7.24. The van der Waals surface area contributed by atoms with Crippen molar-refractivity contribution in [1.82, 2.24) is 20.3 Å². The number of nitrogens with zero attached hydrogens (tertiary/aromatic N) is 3. The number of thiophene rings is 1. The zero-order chi connectivity index (χ0) is 30.7. The first-order valence-corrected chi connectivity index (χ1v) is 13.2. The van der Waals surface area contributed by atoms with Crippen LogP contribution in [0.25, 0.3) is 21.3 Å². The number of nitrogen functional groups attached to an aromatic ring is 1. The van der Waals surface area contributed by atoms with Gasteiger partial charge in [0, 0.05) is 21.7 Å². The monoisotopic (exact) mass is 613 g/mol. The van der Waals surface area contributed by atoms with Crippen molar-refractivity contribution in [2.75, 3.05) is 16.4 Å². The van der Waals surface area contributed by atoms with Gasteiger partial charge in [-0.1, -0.05) is 12.1 Å². The summed E-state index contributed by atoms with van der Waals surface area (Å²) in [6.07, 6.45) is -2.81. The van der Waals surface area contributed by atoms with E-state index in [0.29, 0.717) is 16.7 Å². The van der Waals surface area contributed by atoms with Crippen LogP contribution in [-0.2, 0) is 17.9 Å². The molecule has 0 aliphatic carbocycles. The van der Waals surface area contributed by atoms with Crippen LogP contribution >= 0.6 is 11.3 Å². The van der Waals surface area contributed by atoms with E-state index in [-0.39, 0.29) is 35.7 Å². The highest BCUT2D eigenvalue weighted by Gasteiger charge is 2.38. The third-order valence-corrected chi connectivity index (χ3v) is 7.26. The predicted molar refractivity (Wildman–Crippen MR) is 151 cm³/mol.